The van der Waals surface area contributed by atoms with Crippen molar-refractivity contribution in [3.63, 3.8) is 0 Å². The molecule has 0 aliphatic heterocycles. The number of hydrogen-bond acceptors (Lipinski definition) is 2. The van der Waals surface area contributed by atoms with Crippen LogP contribution in [0.25, 0.3) is 0 Å². The van der Waals surface area contributed by atoms with E-state index in [-0.39, 0.29) is 5.91 Å². The highest BCUT2D eigenvalue weighted by Crippen LogP contribution is 2.33. The highest BCUT2D eigenvalue weighted by molar-refractivity contribution is 9.10. The lowest BCUT2D eigenvalue weighted by Crippen LogP contribution is -2.48. The number of aliphatic hydroxyl groups is 1. The van der Waals surface area contributed by atoms with Crippen LogP contribution >= 0.6 is 15.9 Å². The molecule has 0 aromatic rings. The van der Waals surface area contributed by atoms with Crippen molar-refractivity contribution in [2.24, 2.45) is 5.92 Å². The number of amides is 1. The molecule has 1 amide bonds. The minimum atomic E-state index is -0.695. The molecule has 0 saturated heterocycles. The van der Waals surface area contributed by atoms with Crippen molar-refractivity contribution < 1.29 is 9.90 Å². The molecule has 1 rings (SSSR count). The molecule has 0 unspecified atom stereocenters. The SMILES string of the molecule is CCC1CCC(O)(CNC(=O)C(C)(C)Br)CC1. The number of nitrogens with one attached hydrogen (secondary N) is 1. The fourth-order valence-electron chi connectivity index (χ4n) is 2.25. The van der Waals surface area contributed by atoms with E-state index in [1.54, 1.807) is 13.8 Å². The Morgan fingerprint density at radius 2 is 2.00 bits per heavy atom. The van der Waals surface area contributed by atoms with Crippen molar-refractivity contribution in [1.82, 2.24) is 5.32 Å². The summed E-state index contributed by atoms with van der Waals surface area (Å²) < 4.78 is -0.565. The van der Waals surface area contributed by atoms with E-state index in [0.29, 0.717) is 6.54 Å². The van der Waals surface area contributed by atoms with Crippen LogP contribution < -0.4 is 5.32 Å². The van der Waals surface area contributed by atoms with Gasteiger partial charge in [0.2, 0.25) is 5.91 Å². The van der Waals surface area contributed by atoms with E-state index in [1.165, 1.54) is 6.42 Å². The normalized spacial score (nSPS) is 30.1. The third-order valence-electron chi connectivity index (χ3n) is 3.73. The maximum Gasteiger partial charge on any atom is 0.236 e. The Hall–Kier alpha value is -0.0900. The second-order valence-electron chi connectivity index (χ2n) is 5.73. The van der Waals surface area contributed by atoms with E-state index >= 15 is 0 Å². The smallest absolute Gasteiger partial charge is 0.236 e. The summed E-state index contributed by atoms with van der Waals surface area (Å²) in [6.07, 6.45) is 4.93. The zero-order valence-corrected chi connectivity index (χ0v) is 12.6. The molecule has 0 heterocycles. The highest BCUT2D eigenvalue weighted by atomic mass is 79.9. The average molecular weight is 306 g/mol. The minimum Gasteiger partial charge on any atom is -0.388 e. The van der Waals surface area contributed by atoms with Gasteiger partial charge in [0.1, 0.15) is 0 Å². The largest absolute Gasteiger partial charge is 0.388 e. The van der Waals surface area contributed by atoms with Crippen LogP contribution in [-0.2, 0) is 4.79 Å². The fraction of sp³-hybridized carbons (Fsp3) is 0.923. The average Bonchev–Trinajstić information content (AvgIpc) is 2.26. The molecule has 0 aromatic carbocycles. The molecule has 100 valence electrons. The fourth-order valence-corrected chi connectivity index (χ4v) is 2.40. The van der Waals surface area contributed by atoms with Gasteiger partial charge in [0.05, 0.1) is 9.93 Å². The van der Waals surface area contributed by atoms with Gasteiger partial charge in [-0.2, -0.15) is 0 Å². The molecule has 0 spiro atoms. The lowest BCUT2D eigenvalue weighted by Gasteiger charge is -2.36. The van der Waals surface area contributed by atoms with Crippen LogP contribution in [0.3, 0.4) is 0 Å². The van der Waals surface area contributed by atoms with Gasteiger partial charge in [-0.3, -0.25) is 4.79 Å². The van der Waals surface area contributed by atoms with Gasteiger partial charge in [0.25, 0.3) is 0 Å². The van der Waals surface area contributed by atoms with Crippen LogP contribution in [-0.4, -0.2) is 27.5 Å². The lowest BCUT2D eigenvalue weighted by molar-refractivity contribution is -0.124. The number of carbonyl (C=O) groups is 1. The molecule has 3 nitrogen and oxygen atoms in total. The zero-order valence-electron chi connectivity index (χ0n) is 11.1. The standard InChI is InChI=1S/C13H24BrNO2/c1-4-10-5-7-13(17,8-6-10)9-15-11(16)12(2,3)14/h10,17H,4-9H2,1-3H3,(H,15,16). The minimum absolute atomic E-state index is 0.0662. The van der Waals surface area contributed by atoms with Gasteiger partial charge < -0.3 is 10.4 Å². The van der Waals surface area contributed by atoms with Crippen molar-refractivity contribution in [1.29, 1.82) is 0 Å². The first-order valence-electron chi connectivity index (χ1n) is 6.46. The summed E-state index contributed by atoms with van der Waals surface area (Å²) in [6, 6.07) is 0. The topological polar surface area (TPSA) is 49.3 Å². The van der Waals surface area contributed by atoms with Crippen LogP contribution in [0, 0.1) is 5.92 Å². The zero-order chi connectivity index (χ0) is 13.1. The van der Waals surface area contributed by atoms with Crippen LogP contribution in [0.15, 0.2) is 0 Å². The predicted octanol–water partition coefficient (Wildman–Crippen LogP) is 2.61. The van der Waals surface area contributed by atoms with Crippen molar-refractivity contribution >= 4 is 21.8 Å². The van der Waals surface area contributed by atoms with Gasteiger partial charge in [0.15, 0.2) is 0 Å². The predicted molar refractivity (Wildman–Crippen MR) is 73.2 cm³/mol. The van der Waals surface area contributed by atoms with E-state index in [4.69, 9.17) is 0 Å². The summed E-state index contributed by atoms with van der Waals surface area (Å²) in [5, 5.41) is 13.2. The molecular formula is C13H24BrNO2. The Labute approximate surface area is 112 Å². The summed E-state index contributed by atoms with van der Waals surface area (Å²) in [7, 11) is 0. The van der Waals surface area contributed by atoms with Crippen LogP contribution in [0.5, 0.6) is 0 Å². The van der Waals surface area contributed by atoms with E-state index < -0.39 is 9.93 Å². The van der Waals surface area contributed by atoms with Crippen molar-refractivity contribution in [2.75, 3.05) is 6.54 Å². The molecule has 1 aliphatic rings. The van der Waals surface area contributed by atoms with E-state index in [0.717, 1.165) is 31.6 Å². The molecule has 1 aliphatic carbocycles. The van der Waals surface area contributed by atoms with E-state index in [1.807, 2.05) is 0 Å². The van der Waals surface area contributed by atoms with Crippen LogP contribution in [0.4, 0.5) is 0 Å². The van der Waals surface area contributed by atoms with E-state index in [2.05, 4.69) is 28.2 Å². The van der Waals surface area contributed by atoms with Gasteiger partial charge in [-0.1, -0.05) is 29.3 Å². The molecule has 17 heavy (non-hydrogen) atoms. The summed E-state index contributed by atoms with van der Waals surface area (Å²) in [6.45, 7) is 6.18. The summed E-state index contributed by atoms with van der Waals surface area (Å²) in [5.74, 6) is 0.683. The maximum atomic E-state index is 11.7. The Balaban J connectivity index is 2.39. The molecule has 0 radical (unpaired) electrons. The van der Waals surface area contributed by atoms with Gasteiger partial charge in [-0.05, 0) is 45.4 Å². The first-order chi connectivity index (χ1) is 7.77. The third-order valence-corrected chi connectivity index (χ3v) is 4.09. The highest BCUT2D eigenvalue weighted by Gasteiger charge is 2.34. The molecule has 4 heteroatoms. The number of alkyl halides is 1. The Bertz CT molecular complexity index is 265. The molecule has 0 aromatic heterocycles. The van der Waals surface area contributed by atoms with Gasteiger partial charge in [0, 0.05) is 6.54 Å². The second-order valence-corrected chi connectivity index (χ2v) is 7.71. The summed E-state index contributed by atoms with van der Waals surface area (Å²) in [5.41, 5.74) is -0.695. The molecule has 1 saturated carbocycles. The number of rotatable bonds is 4. The summed E-state index contributed by atoms with van der Waals surface area (Å²) in [4.78, 5) is 11.7. The van der Waals surface area contributed by atoms with Crippen molar-refractivity contribution in [2.45, 2.75) is 62.8 Å². The molecular weight excluding hydrogens is 282 g/mol. The maximum absolute atomic E-state index is 11.7. The van der Waals surface area contributed by atoms with Crippen molar-refractivity contribution in [3.8, 4) is 0 Å². The van der Waals surface area contributed by atoms with Gasteiger partial charge in [-0.25, -0.2) is 0 Å². The number of hydrogen-bond donors (Lipinski definition) is 2. The van der Waals surface area contributed by atoms with Crippen molar-refractivity contribution in [3.05, 3.63) is 0 Å². The van der Waals surface area contributed by atoms with Gasteiger partial charge in [-0.15, -0.1) is 0 Å². The Morgan fingerprint density at radius 3 is 2.41 bits per heavy atom. The molecule has 0 atom stereocenters. The second kappa shape index (κ2) is 5.70. The Kier molecular flexibility index (Phi) is 5.02. The van der Waals surface area contributed by atoms with Crippen LogP contribution in [0.2, 0.25) is 0 Å². The summed E-state index contributed by atoms with van der Waals surface area (Å²) >= 11 is 3.31. The Morgan fingerprint density at radius 1 is 1.47 bits per heavy atom. The lowest BCUT2D eigenvalue weighted by atomic mass is 9.78. The first kappa shape index (κ1) is 15.0. The van der Waals surface area contributed by atoms with Crippen LogP contribution in [0.1, 0.15) is 52.9 Å². The van der Waals surface area contributed by atoms with Gasteiger partial charge >= 0.3 is 0 Å². The quantitative estimate of drug-likeness (QED) is 0.784. The monoisotopic (exact) mass is 305 g/mol. The number of carbonyl (C=O) groups excluding carboxylic acids is 1. The molecule has 2 N–H and O–H groups in total. The molecule has 0 bridgehead atoms. The number of halogens is 1. The first-order valence-corrected chi connectivity index (χ1v) is 7.26. The van der Waals surface area contributed by atoms with E-state index in [9.17, 15) is 9.90 Å². The third kappa shape index (κ3) is 4.59. The molecule has 1 fully saturated rings.